The van der Waals surface area contributed by atoms with Crippen LogP contribution in [0.5, 0.6) is 0 Å². The van der Waals surface area contributed by atoms with E-state index in [9.17, 15) is 19.5 Å². The standard InChI is InChI=1S/C33H45N5O5/c1-20(2)29-31(41)34-21(3)19-38-17-5-6-27(37-38)30(40)35-22(4)26-10-9-24-8-7-23(18-28(24)36-26)11-14-33(32(42)43-29)15-12-25(39)13-16-33/h7-11,14,18,20-22,25,27,29,37,39H,5-6,12-13,15-17,19H2,1-4H3,(H,34,41)(H,35,40)/b14-11+. The summed E-state index contributed by atoms with van der Waals surface area (Å²) in [4.78, 5) is 45.4. The number of hydrogen-bond acceptors (Lipinski definition) is 8. The molecule has 0 radical (unpaired) electrons. The van der Waals surface area contributed by atoms with Gasteiger partial charge in [0.2, 0.25) is 5.91 Å². The average molecular weight is 592 g/mol. The molecule has 1 aromatic heterocycles. The molecule has 10 heteroatoms. The zero-order chi connectivity index (χ0) is 30.7. The van der Waals surface area contributed by atoms with E-state index in [0.29, 0.717) is 38.6 Å². The lowest BCUT2D eigenvalue weighted by Gasteiger charge is -2.37. The van der Waals surface area contributed by atoms with E-state index in [2.05, 4.69) is 16.1 Å². The normalized spacial score (nSPS) is 33.6. The number of carbonyl (C=O) groups is 3. The number of aromatic nitrogens is 1. The van der Waals surface area contributed by atoms with Crippen molar-refractivity contribution in [3.05, 3.63) is 47.7 Å². The molecule has 4 N–H and O–H groups in total. The molecule has 43 heavy (non-hydrogen) atoms. The highest BCUT2D eigenvalue weighted by Crippen LogP contribution is 2.40. The average Bonchev–Trinajstić information content (AvgIpc) is 2.98. The summed E-state index contributed by atoms with van der Waals surface area (Å²) < 4.78 is 6.01. The molecule has 3 aliphatic rings. The number of nitrogens with zero attached hydrogens (tertiary/aromatic N) is 2. The van der Waals surface area contributed by atoms with Gasteiger partial charge in [0.25, 0.3) is 5.91 Å². The first-order valence-electron chi connectivity index (χ1n) is 15.6. The van der Waals surface area contributed by atoms with Gasteiger partial charge in [0, 0.05) is 24.5 Å². The molecule has 232 valence electrons. The number of hydrogen-bond donors (Lipinski definition) is 4. The number of aliphatic hydroxyl groups excluding tert-OH is 1. The summed E-state index contributed by atoms with van der Waals surface area (Å²) in [6.07, 6.45) is 5.74. The molecular weight excluding hydrogens is 546 g/mol. The van der Waals surface area contributed by atoms with Crippen LogP contribution in [0.3, 0.4) is 0 Å². The second-order valence-corrected chi connectivity index (χ2v) is 12.9. The Morgan fingerprint density at radius 2 is 1.77 bits per heavy atom. The van der Waals surface area contributed by atoms with Gasteiger partial charge in [-0.2, -0.15) is 0 Å². The molecule has 5 bridgehead atoms. The Labute approximate surface area is 253 Å². The maximum Gasteiger partial charge on any atom is 0.316 e. The van der Waals surface area contributed by atoms with E-state index < -0.39 is 23.6 Å². The smallest absolute Gasteiger partial charge is 0.316 e. The lowest BCUT2D eigenvalue weighted by atomic mass is 9.72. The number of cyclic esters (lactones) is 1. The molecule has 1 aliphatic carbocycles. The van der Waals surface area contributed by atoms with Crippen molar-refractivity contribution in [3.63, 3.8) is 0 Å². The Hall–Kier alpha value is -3.34. The lowest BCUT2D eigenvalue weighted by molar-refractivity contribution is -0.168. The Morgan fingerprint density at radius 3 is 2.51 bits per heavy atom. The van der Waals surface area contributed by atoms with E-state index in [4.69, 9.17) is 9.72 Å². The zero-order valence-electron chi connectivity index (χ0n) is 25.6. The number of esters is 1. The molecule has 2 fully saturated rings. The highest BCUT2D eigenvalue weighted by Gasteiger charge is 2.43. The van der Waals surface area contributed by atoms with Crippen molar-refractivity contribution in [3.8, 4) is 0 Å². The highest BCUT2D eigenvalue weighted by atomic mass is 16.5. The summed E-state index contributed by atoms with van der Waals surface area (Å²) in [5.41, 5.74) is 4.80. The van der Waals surface area contributed by atoms with Crippen LogP contribution in [-0.4, -0.2) is 70.3 Å². The number of ether oxygens (including phenoxy) is 1. The quantitative estimate of drug-likeness (QED) is 0.371. The Balaban J connectivity index is 1.51. The summed E-state index contributed by atoms with van der Waals surface area (Å²) in [7, 11) is 0. The second kappa shape index (κ2) is 13.1. The second-order valence-electron chi connectivity index (χ2n) is 12.9. The number of benzene rings is 1. The molecule has 1 saturated heterocycles. The Morgan fingerprint density at radius 1 is 1.02 bits per heavy atom. The first kappa shape index (κ1) is 31.1. The Kier molecular flexibility index (Phi) is 9.48. The number of fused-ring (bicyclic) bond motifs is 4. The monoisotopic (exact) mass is 591 g/mol. The van der Waals surface area contributed by atoms with Crippen LogP contribution in [0.1, 0.15) is 83.5 Å². The van der Waals surface area contributed by atoms with Crippen LogP contribution in [0.2, 0.25) is 0 Å². The van der Waals surface area contributed by atoms with Crippen molar-refractivity contribution in [2.45, 2.75) is 96.6 Å². The van der Waals surface area contributed by atoms with E-state index in [1.807, 2.05) is 75.2 Å². The molecule has 5 unspecified atom stereocenters. The molecule has 2 aliphatic heterocycles. The fraction of sp³-hybridized carbons (Fsp3) is 0.576. The van der Waals surface area contributed by atoms with E-state index in [1.54, 1.807) is 0 Å². The van der Waals surface area contributed by atoms with E-state index >= 15 is 0 Å². The summed E-state index contributed by atoms with van der Waals surface area (Å²) in [6.45, 7) is 8.80. The first-order valence-corrected chi connectivity index (χ1v) is 15.6. The zero-order valence-corrected chi connectivity index (χ0v) is 25.6. The van der Waals surface area contributed by atoms with Crippen LogP contribution in [0, 0.1) is 11.3 Å². The van der Waals surface area contributed by atoms with Gasteiger partial charge in [0.15, 0.2) is 6.10 Å². The van der Waals surface area contributed by atoms with Crippen LogP contribution in [0.15, 0.2) is 36.4 Å². The van der Waals surface area contributed by atoms with Gasteiger partial charge in [-0.25, -0.2) is 10.4 Å². The van der Waals surface area contributed by atoms with Crippen LogP contribution in [0.4, 0.5) is 0 Å². The third-order valence-electron chi connectivity index (χ3n) is 8.95. The van der Waals surface area contributed by atoms with Gasteiger partial charge in [-0.15, -0.1) is 0 Å². The molecule has 10 nitrogen and oxygen atoms in total. The number of aliphatic hydroxyl groups is 1. The fourth-order valence-corrected chi connectivity index (χ4v) is 6.29. The largest absolute Gasteiger partial charge is 0.451 e. The van der Waals surface area contributed by atoms with Gasteiger partial charge >= 0.3 is 5.97 Å². The summed E-state index contributed by atoms with van der Waals surface area (Å²) in [5, 5.41) is 19.3. The molecule has 1 saturated carbocycles. The number of rotatable bonds is 1. The molecule has 1 spiro atoms. The van der Waals surface area contributed by atoms with Crippen LogP contribution < -0.4 is 16.1 Å². The Bertz CT molecular complexity index is 1370. The summed E-state index contributed by atoms with van der Waals surface area (Å²) in [5.74, 6) is -1.11. The number of pyridine rings is 1. The van der Waals surface area contributed by atoms with Gasteiger partial charge < -0.3 is 20.5 Å². The summed E-state index contributed by atoms with van der Waals surface area (Å²) >= 11 is 0. The topological polar surface area (TPSA) is 133 Å². The van der Waals surface area contributed by atoms with Crippen molar-refractivity contribution in [1.29, 1.82) is 0 Å². The lowest BCUT2D eigenvalue weighted by Crippen LogP contribution is -2.59. The van der Waals surface area contributed by atoms with Gasteiger partial charge in [-0.1, -0.05) is 44.2 Å². The van der Waals surface area contributed by atoms with Crippen LogP contribution >= 0.6 is 0 Å². The number of nitrogens with one attached hydrogen (secondary N) is 3. The number of amides is 2. The van der Waals surface area contributed by atoms with Gasteiger partial charge in [-0.3, -0.25) is 19.4 Å². The van der Waals surface area contributed by atoms with Crippen molar-refractivity contribution >= 4 is 34.8 Å². The third-order valence-corrected chi connectivity index (χ3v) is 8.95. The molecule has 5 atom stereocenters. The van der Waals surface area contributed by atoms with Crippen molar-refractivity contribution < 1.29 is 24.2 Å². The van der Waals surface area contributed by atoms with Gasteiger partial charge in [0.05, 0.1) is 28.8 Å². The minimum atomic E-state index is -0.959. The first-order chi connectivity index (χ1) is 20.5. The SMILES string of the molecule is CC1CN2CCCC(N2)C(=O)NC(C)c2ccc3ccc(cc3n2)/C=C/C2(CCC(O)CC2)C(=O)OC(C(C)C)C(=O)N1. The molecule has 3 heterocycles. The minimum Gasteiger partial charge on any atom is -0.451 e. The van der Waals surface area contributed by atoms with Crippen molar-refractivity contribution in [1.82, 2.24) is 26.1 Å². The molecule has 2 aromatic rings. The number of hydrazine groups is 1. The molecule has 5 rings (SSSR count). The van der Waals surface area contributed by atoms with Crippen molar-refractivity contribution in [2.24, 2.45) is 11.3 Å². The molecule has 1 aromatic carbocycles. The third kappa shape index (κ3) is 7.25. The van der Waals surface area contributed by atoms with Gasteiger partial charge in [-0.05, 0) is 76.0 Å². The van der Waals surface area contributed by atoms with Gasteiger partial charge in [0.1, 0.15) is 6.04 Å². The van der Waals surface area contributed by atoms with Crippen LogP contribution in [0.25, 0.3) is 17.0 Å². The maximum atomic E-state index is 13.9. The van der Waals surface area contributed by atoms with E-state index in [-0.39, 0.29) is 35.9 Å². The molecule has 2 amide bonds. The highest BCUT2D eigenvalue weighted by molar-refractivity contribution is 5.88. The maximum absolute atomic E-state index is 13.9. The van der Waals surface area contributed by atoms with Crippen molar-refractivity contribution in [2.75, 3.05) is 13.1 Å². The number of carbonyl (C=O) groups excluding carboxylic acids is 3. The van der Waals surface area contributed by atoms with E-state index in [0.717, 1.165) is 35.1 Å². The van der Waals surface area contributed by atoms with E-state index in [1.165, 1.54) is 0 Å². The molecular formula is C33H45N5O5. The fourth-order valence-electron chi connectivity index (χ4n) is 6.29. The van der Waals surface area contributed by atoms with Crippen LogP contribution in [-0.2, 0) is 19.1 Å². The predicted molar refractivity (Wildman–Crippen MR) is 164 cm³/mol. The summed E-state index contributed by atoms with van der Waals surface area (Å²) in [6, 6.07) is 8.94. The predicted octanol–water partition coefficient (Wildman–Crippen LogP) is 3.40. The minimum absolute atomic E-state index is 0.0898.